The molecule has 4 saturated carbocycles. The number of aliphatic hydroxyl groups is 1. The zero-order chi connectivity index (χ0) is 11.3. The number of carbonyl (C=O) groups is 1. The second kappa shape index (κ2) is 3.46. The zero-order valence-corrected chi connectivity index (χ0v) is 9.82. The Morgan fingerprint density at radius 3 is 2.50 bits per heavy atom. The minimum atomic E-state index is -0.206. The van der Waals surface area contributed by atoms with Gasteiger partial charge in [-0.3, -0.25) is 4.79 Å². The number of hydrogen-bond acceptors (Lipinski definition) is 3. The van der Waals surface area contributed by atoms with Gasteiger partial charge in [-0.25, -0.2) is 0 Å². The van der Waals surface area contributed by atoms with Crippen LogP contribution in [0.4, 0.5) is 0 Å². The first-order chi connectivity index (χ1) is 7.62. The highest BCUT2D eigenvalue weighted by molar-refractivity contribution is 5.69. The molecule has 0 aromatic heterocycles. The fraction of sp³-hybridized carbons (Fsp3) is 0.923. The normalized spacial score (nSPS) is 49.4. The summed E-state index contributed by atoms with van der Waals surface area (Å²) in [6.45, 7) is 1.84. The second-order valence-electron chi connectivity index (χ2n) is 5.97. The van der Waals surface area contributed by atoms with E-state index in [1.54, 1.807) is 0 Å². The summed E-state index contributed by atoms with van der Waals surface area (Å²) in [5.74, 6) is 1.38. The molecule has 0 aliphatic heterocycles. The first-order valence-corrected chi connectivity index (χ1v) is 6.52. The van der Waals surface area contributed by atoms with E-state index >= 15 is 0 Å². The highest BCUT2D eigenvalue weighted by Gasteiger charge is 2.56. The lowest BCUT2D eigenvalue weighted by atomic mass is 9.53. The third-order valence-corrected chi connectivity index (χ3v) is 4.79. The summed E-state index contributed by atoms with van der Waals surface area (Å²) in [4.78, 5) is 11.5. The molecule has 2 atom stereocenters. The fourth-order valence-electron chi connectivity index (χ4n) is 4.36. The largest absolute Gasteiger partial charge is 0.459 e. The van der Waals surface area contributed by atoms with Crippen molar-refractivity contribution in [3.63, 3.8) is 0 Å². The van der Waals surface area contributed by atoms with Gasteiger partial charge in [0.1, 0.15) is 5.60 Å². The lowest BCUT2D eigenvalue weighted by Gasteiger charge is -2.57. The number of carbonyl (C=O) groups excluding carboxylic acids is 1. The van der Waals surface area contributed by atoms with Crippen LogP contribution in [0.25, 0.3) is 0 Å². The molecule has 0 spiro atoms. The Morgan fingerprint density at radius 1 is 1.31 bits per heavy atom. The molecule has 4 aliphatic carbocycles. The van der Waals surface area contributed by atoms with Crippen LogP contribution in [-0.2, 0) is 9.53 Å². The van der Waals surface area contributed by atoms with Crippen molar-refractivity contribution in [2.24, 2.45) is 17.8 Å². The maximum atomic E-state index is 11.5. The number of rotatable bonds is 2. The molecular formula is C13H20O3. The number of aliphatic hydroxyl groups excluding tert-OH is 1. The third kappa shape index (κ3) is 1.48. The SMILES string of the molecule is CCC(=O)OC12CC3CC(C1)C(O)C(C3)C2. The van der Waals surface area contributed by atoms with E-state index in [2.05, 4.69) is 0 Å². The molecule has 4 aliphatic rings. The number of hydrogen-bond donors (Lipinski definition) is 1. The first-order valence-electron chi connectivity index (χ1n) is 6.52. The molecule has 0 aromatic rings. The van der Waals surface area contributed by atoms with E-state index in [4.69, 9.17) is 4.74 Å². The minimum absolute atomic E-state index is 0.0727. The van der Waals surface area contributed by atoms with E-state index in [-0.39, 0.29) is 17.7 Å². The van der Waals surface area contributed by atoms with Gasteiger partial charge in [-0.05, 0) is 49.9 Å². The van der Waals surface area contributed by atoms with Gasteiger partial charge >= 0.3 is 5.97 Å². The first kappa shape index (κ1) is 10.6. The summed E-state index contributed by atoms with van der Waals surface area (Å²) in [7, 11) is 0. The maximum absolute atomic E-state index is 11.5. The molecule has 1 N–H and O–H groups in total. The Kier molecular flexibility index (Phi) is 2.29. The van der Waals surface area contributed by atoms with E-state index < -0.39 is 0 Å². The topological polar surface area (TPSA) is 46.5 Å². The Balaban J connectivity index is 1.80. The molecule has 0 aromatic carbocycles. The van der Waals surface area contributed by atoms with Gasteiger partial charge in [0.15, 0.2) is 0 Å². The summed E-state index contributed by atoms with van der Waals surface area (Å²) >= 11 is 0. The van der Waals surface area contributed by atoms with Crippen LogP contribution >= 0.6 is 0 Å². The second-order valence-corrected chi connectivity index (χ2v) is 5.97. The molecule has 3 nitrogen and oxygen atoms in total. The van der Waals surface area contributed by atoms with Gasteiger partial charge in [0.25, 0.3) is 0 Å². The van der Waals surface area contributed by atoms with Crippen molar-refractivity contribution in [1.29, 1.82) is 0 Å². The average Bonchev–Trinajstić information content (AvgIpc) is 2.24. The summed E-state index contributed by atoms with van der Waals surface area (Å²) in [6.07, 6.45) is 5.44. The molecule has 0 radical (unpaired) electrons. The molecule has 0 heterocycles. The predicted octanol–water partition coefficient (Wildman–Crippen LogP) is 1.88. The highest BCUT2D eigenvalue weighted by Crippen LogP contribution is 2.57. The smallest absolute Gasteiger partial charge is 0.306 e. The van der Waals surface area contributed by atoms with Gasteiger partial charge in [-0.15, -0.1) is 0 Å². The van der Waals surface area contributed by atoms with Crippen molar-refractivity contribution in [3.05, 3.63) is 0 Å². The quantitative estimate of drug-likeness (QED) is 0.728. The van der Waals surface area contributed by atoms with Crippen molar-refractivity contribution in [2.45, 2.75) is 57.2 Å². The summed E-state index contributed by atoms with van der Waals surface area (Å²) in [5.41, 5.74) is -0.206. The molecule has 2 unspecified atom stereocenters. The Hall–Kier alpha value is -0.570. The van der Waals surface area contributed by atoms with Crippen molar-refractivity contribution >= 4 is 5.97 Å². The van der Waals surface area contributed by atoms with Crippen LogP contribution in [0.2, 0.25) is 0 Å². The third-order valence-electron chi connectivity index (χ3n) is 4.79. The summed E-state index contributed by atoms with van der Waals surface area (Å²) in [6, 6.07) is 0. The molecule has 0 saturated heterocycles. The van der Waals surface area contributed by atoms with Crippen molar-refractivity contribution in [2.75, 3.05) is 0 Å². The molecule has 4 fully saturated rings. The summed E-state index contributed by atoms with van der Waals surface area (Å²) < 4.78 is 5.70. The monoisotopic (exact) mass is 224 g/mol. The number of ether oxygens (including phenoxy) is 1. The van der Waals surface area contributed by atoms with E-state index in [1.165, 1.54) is 0 Å². The van der Waals surface area contributed by atoms with Crippen LogP contribution in [0.1, 0.15) is 45.4 Å². The molecule has 90 valence electrons. The zero-order valence-electron chi connectivity index (χ0n) is 9.82. The molecule has 4 bridgehead atoms. The van der Waals surface area contributed by atoms with Gasteiger partial charge in [0.05, 0.1) is 6.10 Å². The predicted molar refractivity (Wildman–Crippen MR) is 58.7 cm³/mol. The summed E-state index contributed by atoms with van der Waals surface area (Å²) in [5, 5.41) is 10.1. The van der Waals surface area contributed by atoms with Crippen LogP contribution in [0.15, 0.2) is 0 Å². The van der Waals surface area contributed by atoms with Gasteiger partial charge < -0.3 is 9.84 Å². The van der Waals surface area contributed by atoms with E-state index in [1.807, 2.05) is 6.92 Å². The van der Waals surface area contributed by atoms with Crippen LogP contribution in [0, 0.1) is 17.8 Å². The standard InChI is InChI=1S/C13H20O3/c1-2-11(14)16-13-5-8-3-9(6-13)12(15)10(4-8)7-13/h8-10,12,15H,2-7H2,1H3. The molecular weight excluding hydrogens is 204 g/mol. The van der Waals surface area contributed by atoms with Crippen LogP contribution in [0.3, 0.4) is 0 Å². The van der Waals surface area contributed by atoms with E-state index in [0.717, 1.165) is 32.1 Å². The average molecular weight is 224 g/mol. The Morgan fingerprint density at radius 2 is 1.94 bits per heavy atom. The van der Waals surface area contributed by atoms with Crippen molar-refractivity contribution in [3.8, 4) is 0 Å². The van der Waals surface area contributed by atoms with Crippen LogP contribution in [0.5, 0.6) is 0 Å². The van der Waals surface area contributed by atoms with E-state index in [9.17, 15) is 9.90 Å². The number of esters is 1. The minimum Gasteiger partial charge on any atom is -0.459 e. The molecule has 4 rings (SSSR count). The van der Waals surface area contributed by atoms with Gasteiger partial charge in [-0.1, -0.05) is 6.92 Å². The fourth-order valence-corrected chi connectivity index (χ4v) is 4.36. The molecule has 16 heavy (non-hydrogen) atoms. The van der Waals surface area contributed by atoms with E-state index in [0.29, 0.717) is 24.2 Å². The van der Waals surface area contributed by atoms with Crippen molar-refractivity contribution < 1.29 is 14.6 Å². The molecule has 3 heteroatoms. The Labute approximate surface area is 96.2 Å². The van der Waals surface area contributed by atoms with Crippen LogP contribution < -0.4 is 0 Å². The van der Waals surface area contributed by atoms with Crippen LogP contribution in [-0.4, -0.2) is 22.8 Å². The van der Waals surface area contributed by atoms with Crippen molar-refractivity contribution in [1.82, 2.24) is 0 Å². The van der Waals surface area contributed by atoms with Gasteiger partial charge in [-0.2, -0.15) is 0 Å². The Bertz CT molecular complexity index is 296. The molecule has 0 amide bonds. The lowest BCUT2D eigenvalue weighted by molar-refractivity contribution is -0.205. The van der Waals surface area contributed by atoms with Gasteiger partial charge in [0.2, 0.25) is 0 Å². The van der Waals surface area contributed by atoms with Gasteiger partial charge in [0, 0.05) is 6.42 Å². The highest BCUT2D eigenvalue weighted by atomic mass is 16.6. The maximum Gasteiger partial charge on any atom is 0.306 e. The lowest BCUT2D eigenvalue weighted by Crippen LogP contribution is -2.58.